The number of anilines is 6. The van der Waals surface area contributed by atoms with Crippen LogP contribution < -0.4 is 30.7 Å². The molecule has 326 valence electrons. The molecule has 2 aliphatic heterocycles. The highest BCUT2D eigenvalue weighted by Crippen LogP contribution is 2.57. The summed E-state index contributed by atoms with van der Waals surface area (Å²) in [5.74, 6) is 0. The minimum Gasteiger partial charge on any atom is -0.311 e. The number of nitrogens with zero attached hydrogens (tertiary/aromatic N) is 2. The lowest BCUT2D eigenvalue weighted by atomic mass is 9.35. The molecule has 0 N–H and O–H groups in total. The van der Waals surface area contributed by atoms with E-state index in [9.17, 15) is 0 Å². The van der Waals surface area contributed by atoms with Crippen LogP contribution in [0, 0.1) is 6.92 Å². The van der Waals surface area contributed by atoms with E-state index in [0.717, 1.165) is 0 Å². The first-order valence-electron chi connectivity index (χ1n) is 23.6. The van der Waals surface area contributed by atoms with E-state index in [0.29, 0.717) is 0 Å². The first-order valence-corrected chi connectivity index (χ1v) is 27.9. The predicted octanol–water partition coefficient (Wildman–Crippen LogP) is 14.6. The standard InChI is InChI=1S/C58H71BN2SSi/c1-36-32-47-50-48(33-36)61(45-28-22-39(55(5,6)7)34-43(45)37-18-26-42(27-19-37)63(15,16)17)46-29-23-40(56(8,9)10)35-44(46)59(50)53-51(49-52(62-53)58(13,14)31-30-57(49,11)12)60(47)41-24-20-38(21-25-41)54(2,3)4/h18-29,32-35H,30-31H2,1-17H3. The van der Waals surface area contributed by atoms with Gasteiger partial charge in [0.1, 0.15) is 0 Å². The van der Waals surface area contributed by atoms with Crippen LogP contribution >= 0.6 is 11.3 Å². The van der Waals surface area contributed by atoms with Gasteiger partial charge in [0.05, 0.1) is 19.4 Å². The Morgan fingerprint density at radius 2 is 1.10 bits per heavy atom. The maximum absolute atomic E-state index is 2.71. The van der Waals surface area contributed by atoms with Gasteiger partial charge in [0.15, 0.2) is 0 Å². The van der Waals surface area contributed by atoms with Gasteiger partial charge in [-0.25, -0.2) is 0 Å². The number of benzene rings is 5. The molecule has 63 heavy (non-hydrogen) atoms. The van der Waals surface area contributed by atoms with E-state index in [2.05, 4.69) is 235 Å². The molecule has 2 nitrogen and oxygen atoms in total. The molecular weight excluding hydrogens is 796 g/mol. The summed E-state index contributed by atoms with van der Waals surface area (Å²) in [5, 5.41) is 1.49. The van der Waals surface area contributed by atoms with E-state index >= 15 is 0 Å². The monoisotopic (exact) mass is 867 g/mol. The number of thiophene rings is 1. The second-order valence-corrected chi connectivity index (χ2v) is 30.9. The molecule has 1 aromatic heterocycles. The Hall–Kier alpha value is -4.32. The van der Waals surface area contributed by atoms with E-state index < -0.39 is 8.07 Å². The Kier molecular flexibility index (Phi) is 9.99. The van der Waals surface area contributed by atoms with Crippen LogP contribution in [-0.4, -0.2) is 14.8 Å². The lowest BCUT2D eigenvalue weighted by Crippen LogP contribution is -2.61. The molecule has 0 saturated heterocycles. The molecule has 3 aliphatic rings. The fourth-order valence-electron chi connectivity index (χ4n) is 10.6. The van der Waals surface area contributed by atoms with Crippen LogP contribution in [-0.2, 0) is 27.1 Å². The van der Waals surface area contributed by atoms with Gasteiger partial charge in [0, 0.05) is 38.0 Å². The second-order valence-electron chi connectivity index (χ2n) is 24.7. The van der Waals surface area contributed by atoms with Gasteiger partial charge in [-0.15, -0.1) is 0 Å². The van der Waals surface area contributed by atoms with E-state index in [1.165, 1.54) is 101 Å². The lowest BCUT2D eigenvalue weighted by molar-refractivity contribution is 0.339. The quantitative estimate of drug-likeness (QED) is 0.163. The van der Waals surface area contributed by atoms with Crippen molar-refractivity contribution in [1.29, 1.82) is 0 Å². The average Bonchev–Trinajstić information content (AvgIpc) is 3.61. The van der Waals surface area contributed by atoms with Gasteiger partial charge in [0.2, 0.25) is 0 Å². The molecule has 6 aromatic rings. The molecule has 0 atom stereocenters. The van der Waals surface area contributed by atoms with Gasteiger partial charge >= 0.3 is 0 Å². The highest BCUT2D eigenvalue weighted by atomic mass is 32.1. The molecule has 0 bridgehead atoms. The molecular formula is C58H71BN2SSi. The van der Waals surface area contributed by atoms with Crippen LogP contribution in [0.3, 0.4) is 0 Å². The Balaban J connectivity index is 1.40. The van der Waals surface area contributed by atoms with Crippen LogP contribution in [0.4, 0.5) is 34.1 Å². The van der Waals surface area contributed by atoms with Crippen LogP contribution in [0.1, 0.15) is 136 Å². The van der Waals surface area contributed by atoms with Gasteiger partial charge in [-0.2, -0.15) is 11.3 Å². The van der Waals surface area contributed by atoms with Crippen molar-refractivity contribution < 1.29 is 0 Å². The van der Waals surface area contributed by atoms with Crippen molar-refractivity contribution >= 4 is 81.1 Å². The molecule has 1 aliphatic carbocycles. The zero-order valence-corrected chi connectivity index (χ0v) is 43.3. The summed E-state index contributed by atoms with van der Waals surface area (Å²) in [6.07, 6.45) is 2.37. The number of hydrogen-bond acceptors (Lipinski definition) is 3. The highest BCUT2D eigenvalue weighted by Gasteiger charge is 2.51. The summed E-state index contributed by atoms with van der Waals surface area (Å²) in [4.78, 5) is 6.94. The summed E-state index contributed by atoms with van der Waals surface area (Å²) < 4.78 is 1.50. The minimum atomic E-state index is -1.49. The van der Waals surface area contributed by atoms with Crippen LogP contribution in [0.15, 0.2) is 97.1 Å². The van der Waals surface area contributed by atoms with Crippen molar-refractivity contribution in [3.05, 3.63) is 130 Å². The summed E-state index contributed by atoms with van der Waals surface area (Å²) >= 11 is 2.12. The van der Waals surface area contributed by atoms with E-state index in [1.54, 1.807) is 10.4 Å². The van der Waals surface area contributed by atoms with Crippen LogP contribution in [0.5, 0.6) is 0 Å². The zero-order valence-electron chi connectivity index (χ0n) is 41.5. The summed E-state index contributed by atoms with van der Waals surface area (Å²) in [5.41, 5.74) is 20.3. The molecule has 9 rings (SSSR count). The lowest BCUT2D eigenvalue weighted by Gasteiger charge is -2.46. The summed E-state index contributed by atoms with van der Waals surface area (Å²) in [6.45, 7) is 40.9. The Morgan fingerprint density at radius 3 is 1.67 bits per heavy atom. The van der Waals surface area contributed by atoms with Crippen molar-refractivity contribution in [3.63, 3.8) is 0 Å². The predicted molar refractivity (Wildman–Crippen MR) is 283 cm³/mol. The molecule has 0 amide bonds. The van der Waals surface area contributed by atoms with Gasteiger partial charge in [-0.1, -0.05) is 169 Å². The Bertz CT molecular complexity index is 2780. The molecule has 0 spiro atoms. The SMILES string of the molecule is Cc1cc2c3c(c1)N(c1ccc(C(C)(C)C)cc1)c1c(sc4c1C(C)(C)CCC4(C)C)B3c1cc(C(C)(C)C)ccc1N2c1ccc(C(C)(C)C)cc1-c1ccc([Si](C)(C)C)cc1. The van der Waals surface area contributed by atoms with Crippen molar-refractivity contribution in [2.45, 2.75) is 156 Å². The van der Waals surface area contributed by atoms with E-state index in [1.807, 2.05) is 0 Å². The molecule has 5 aromatic carbocycles. The maximum Gasteiger partial charge on any atom is 0.264 e. The third kappa shape index (κ3) is 7.28. The summed E-state index contributed by atoms with van der Waals surface area (Å²) in [6, 6.07) is 39.0. The van der Waals surface area contributed by atoms with Gasteiger partial charge in [0.25, 0.3) is 6.71 Å². The molecule has 0 saturated carbocycles. The normalized spacial score (nSPS) is 16.7. The first-order chi connectivity index (χ1) is 29.2. The van der Waals surface area contributed by atoms with Crippen LogP contribution in [0.25, 0.3) is 11.1 Å². The fraction of sp³-hybridized carbons (Fsp3) is 0.414. The van der Waals surface area contributed by atoms with Gasteiger partial charge in [-0.05, 0) is 134 Å². The molecule has 0 radical (unpaired) electrons. The van der Waals surface area contributed by atoms with Crippen LogP contribution in [0.2, 0.25) is 19.6 Å². The smallest absolute Gasteiger partial charge is 0.264 e. The minimum absolute atomic E-state index is 0.000166. The third-order valence-corrected chi connectivity index (χ3v) is 18.4. The van der Waals surface area contributed by atoms with Gasteiger partial charge in [-0.3, -0.25) is 0 Å². The molecule has 3 heterocycles. The average molecular weight is 867 g/mol. The number of rotatable bonds is 4. The van der Waals surface area contributed by atoms with E-state index in [-0.39, 0.29) is 33.8 Å². The van der Waals surface area contributed by atoms with Crippen molar-refractivity contribution in [2.24, 2.45) is 0 Å². The number of aryl methyl sites for hydroxylation is 1. The van der Waals surface area contributed by atoms with Crippen molar-refractivity contribution in [2.75, 3.05) is 9.80 Å². The van der Waals surface area contributed by atoms with Crippen molar-refractivity contribution in [1.82, 2.24) is 0 Å². The third-order valence-electron chi connectivity index (χ3n) is 14.7. The number of fused-ring (bicyclic) bond motifs is 6. The van der Waals surface area contributed by atoms with Gasteiger partial charge < -0.3 is 9.80 Å². The Morgan fingerprint density at radius 1 is 0.571 bits per heavy atom. The molecule has 0 fully saturated rings. The highest BCUT2D eigenvalue weighted by molar-refractivity contribution is 7.29. The van der Waals surface area contributed by atoms with Crippen molar-refractivity contribution in [3.8, 4) is 11.1 Å². The van der Waals surface area contributed by atoms with E-state index in [4.69, 9.17) is 0 Å². The largest absolute Gasteiger partial charge is 0.311 e. The first kappa shape index (κ1) is 43.9. The maximum atomic E-state index is 2.71. The fourth-order valence-corrected chi connectivity index (χ4v) is 13.5. The molecule has 5 heteroatoms. The summed E-state index contributed by atoms with van der Waals surface area (Å²) in [7, 11) is -1.49. The zero-order chi connectivity index (χ0) is 45.6. The second kappa shape index (κ2) is 14.3. The molecule has 0 unspecified atom stereocenters. The topological polar surface area (TPSA) is 6.48 Å². The number of hydrogen-bond donors (Lipinski definition) is 0. The Labute approximate surface area is 386 Å².